The minimum absolute atomic E-state index is 0.125. The van der Waals surface area contributed by atoms with Crippen molar-refractivity contribution >= 4 is 22.6 Å². The predicted octanol–water partition coefficient (Wildman–Crippen LogP) is 1.54. The van der Waals surface area contributed by atoms with Crippen LogP contribution in [0.3, 0.4) is 0 Å². The molecule has 0 aromatic rings. The van der Waals surface area contributed by atoms with Crippen LogP contribution in [0.25, 0.3) is 0 Å². The fourth-order valence-corrected chi connectivity index (χ4v) is 8.49. The topological polar surface area (TPSA) is 20.2 Å². The van der Waals surface area contributed by atoms with E-state index in [0.29, 0.717) is 0 Å². The fourth-order valence-electron chi connectivity index (χ4n) is 6.52. The van der Waals surface area contributed by atoms with Crippen LogP contribution in [0.15, 0.2) is 0 Å². The molecule has 6 saturated carbocycles. The van der Waals surface area contributed by atoms with E-state index in [0.717, 1.165) is 51.3 Å². The summed E-state index contributed by atoms with van der Waals surface area (Å²) in [6.45, 7) is 0. The average molecular weight is 288 g/mol. The number of aliphatic hydroxyl groups excluding tert-OH is 1. The van der Waals surface area contributed by atoms with Gasteiger partial charge in [0, 0.05) is 3.92 Å². The van der Waals surface area contributed by atoms with Gasteiger partial charge in [-0.25, -0.2) is 0 Å². The summed E-state index contributed by atoms with van der Waals surface area (Å²) in [6, 6.07) is 0. The van der Waals surface area contributed by atoms with Crippen molar-refractivity contribution in [3.63, 3.8) is 0 Å². The van der Waals surface area contributed by atoms with E-state index in [-0.39, 0.29) is 6.10 Å². The lowest BCUT2D eigenvalue weighted by Gasteiger charge is -2.33. The van der Waals surface area contributed by atoms with Gasteiger partial charge in [0.05, 0.1) is 6.10 Å². The monoisotopic (exact) mass is 288 g/mol. The van der Waals surface area contributed by atoms with Crippen LogP contribution in [0.4, 0.5) is 0 Å². The number of halogens is 1. The highest BCUT2D eigenvalue weighted by atomic mass is 127. The highest BCUT2D eigenvalue weighted by molar-refractivity contribution is 14.1. The van der Waals surface area contributed by atoms with Crippen molar-refractivity contribution in [2.24, 2.45) is 47.3 Å². The number of aliphatic hydroxyl groups is 1. The van der Waals surface area contributed by atoms with Crippen molar-refractivity contribution in [3.05, 3.63) is 0 Å². The van der Waals surface area contributed by atoms with Gasteiger partial charge in [0.2, 0.25) is 0 Å². The van der Waals surface area contributed by atoms with Crippen molar-refractivity contribution in [1.82, 2.24) is 0 Å². The summed E-state index contributed by atoms with van der Waals surface area (Å²) in [4.78, 5) is 0. The quantitative estimate of drug-likeness (QED) is 0.529. The van der Waals surface area contributed by atoms with Gasteiger partial charge in [-0.1, -0.05) is 22.6 Å². The van der Waals surface area contributed by atoms with Crippen molar-refractivity contribution < 1.29 is 5.11 Å². The highest BCUT2D eigenvalue weighted by Crippen LogP contribution is 2.83. The van der Waals surface area contributed by atoms with Crippen LogP contribution < -0.4 is 0 Å². The lowest BCUT2D eigenvalue weighted by molar-refractivity contribution is 0.116. The summed E-state index contributed by atoms with van der Waals surface area (Å²) in [5.41, 5.74) is 0. The number of rotatable bonds is 0. The third kappa shape index (κ3) is 0.451. The largest absolute Gasteiger partial charge is 0.393 e. The van der Waals surface area contributed by atoms with Crippen LogP contribution in [0.1, 0.15) is 6.42 Å². The van der Waals surface area contributed by atoms with Crippen molar-refractivity contribution in [2.75, 3.05) is 0 Å². The zero-order valence-electron chi connectivity index (χ0n) is 7.31. The van der Waals surface area contributed by atoms with Crippen molar-refractivity contribution in [1.29, 1.82) is 0 Å². The van der Waals surface area contributed by atoms with Crippen LogP contribution in [0, 0.1) is 47.3 Å². The van der Waals surface area contributed by atoms with Gasteiger partial charge in [-0.15, -0.1) is 0 Å². The minimum atomic E-state index is 0.125. The Morgan fingerprint density at radius 3 is 2.31 bits per heavy atom. The van der Waals surface area contributed by atoms with Gasteiger partial charge in [0.25, 0.3) is 0 Å². The molecule has 13 heavy (non-hydrogen) atoms. The number of hydrogen-bond acceptors (Lipinski definition) is 1. The molecule has 0 radical (unpaired) electrons. The lowest BCUT2D eigenvalue weighted by Crippen LogP contribution is -2.30. The Hall–Kier alpha value is 0.690. The standard InChI is InChI=1S/C11H13IO/c12-10-6-2-1-3-4(6)9-8(10)5(2)7(3)11(9)13/h2-11,13H,1H2/t2-,3+,4-,5-,6-,7-,8+,9-,10+,11+/m0/s1. The first kappa shape index (κ1) is 7.04. The van der Waals surface area contributed by atoms with Crippen LogP contribution in [-0.2, 0) is 0 Å². The molecule has 0 aliphatic heterocycles. The summed E-state index contributed by atoms with van der Waals surface area (Å²) in [5, 5.41) is 10.2. The van der Waals surface area contributed by atoms with Crippen LogP contribution >= 0.6 is 22.6 Å². The Labute approximate surface area is 91.4 Å². The van der Waals surface area contributed by atoms with Crippen LogP contribution in [0.5, 0.6) is 0 Å². The number of alkyl halides is 1. The Bertz CT molecular complexity index is 283. The molecule has 70 valence electrons. The molecule has 6 bridgehead atoms. The van der Waals surface area contributed by atoms with Gasteiger partial charge in [-0.3, -0.25) is 0 Å². The summed E-state index contributed by atoms with van der Waals surface area (Å²) >= 11 is 2.70. The molecule has 1 nitrogen and oxygen atoms in total. The van der Waals surface area contributed by atoms with Crippen LogP contribution in [0.2, 0.25) is 0 Å². The Morgan fingerprint density at radius 1 is 0.846 bits per heavy atom. The van der Waals surface area contributed by atoms with Gasteiger partial charge in [0.15, 0.2) is 0 Å². The van der Waals surface area contributed by atoms with Gasteiger partial charge < -0.3 is 5.11 Å². The molecular weight excluding hydrogens is 275 g/mol. The highest BCUT2D eigenvalue weighted by Gasteiger charge is 2.82. The van der Waals surface area contributed by atoms with E-state index in [1.54, 1.807) is 0 Å². The van der Waals surface area contributed by atoms with E-state index in [9.17, 15) is 5.11 Å². The molecule has 0 unspecified atom stereocenters. The summed E-state index contributed by atoms with van der Waals surface area (Å²) in [5.74, 6) is 7.48. The zero-order chi connectivity index (χ0) is 8.48. The molecular formula is C11H13IO. The summed E-state index contributed by atoms with van der Waals surface area (Å²) < 4.78 is 0.940. The van der Waals surface area contributed by atoms with Gasteiger partial charge >= 0.3 is 0 Å². The van der Waals surface area contributed by atoms with Crippen molar-refractivity contribution in [2.45, 2.75) is 16.4 Å². The molecule has 0 saturated heterocycles. The number of hydrogen-bond donors (Lipinski definition) is 1. The van der Waals surface area contributed by atoms with Crippen LogP contribution in [-0.4, -0.2) is 15.1 Å². The smallest absolute Gasteiger partial charge is 0.0608 e. The van der Waals surface area contributed by atoms with Gasteiger partial charge in [-0.2, -0.15) is 0 Å². The van der Waals surface area contributed by atoms with Crippen molar-refractivity contribution in [3.8, 4) is 0 Å². The molecule has 6 aliphatic rings. The molecule has 6 fully saturated rings. The Balaban J connectivity index is 1.86. The molecule has 10 atom stereocenters. The second-order valence-electron chi connectivity index (χ2n) is 5.96. The SMILES string of the molecule is O[C@H]1[C@@H]2[C@@H]3[C@H](I)[C@H]4[C@H]5C[C@H]([C@H]24)[C@H]1[C@H]53. The molecule has 0 heterocycles. The average Bonchev–Trinajstić information content (AvgIpc) is 2.78. The molecule has 6 aliphatic carbocycles. The minimum Gasteiger partial charge on any atom is -0.393 e. The normalized spacial score (nSPS) is 85.4. The van der Waals surface area contributed by atoms with Gasteiger partial charge in [0.1, 0.15) is 0 Å². The predicted molar refractivity (Wildman–Crippen MR) is 56.4 cm³/mol. The molecule has 6 rings (SSSR count). The summed E-state index contributed by atoms with van der Waals surface area (Å²) in [6.07, 6.45) is 1.62. The first-order valence-corrected chi connectivity index (χ1v) is 6.87. The third-order valence-electron chi connectivity index (χ3n) is 6.27. The molecule has 0 aromatic carbocycles. The van der Waals surface area contributed by atoms with E-state index in [4.69, 9.17) is 0 Å². The maximum Gasteiger partial charge on any atom is 0.0608 e. The van der Waals surface area contributed by atoms with E-state index in [1.807, 2.05) is 0 Å². The first-order chi connectivity index (χ1) is 6.30. The third-order valence-corrected chi connectivity index (χ3v) is 7.93. The molecule has 0 spiro atoms. The molecule has 1 N–H and O–H groups in total. The molecule has 2 heteroatoms. The second kappa shape index (κ2) is 1.73. The Kier molecular flexibility index (Phi) is 0.936. The Morgan fingerprint density at radius 2 is 1.54 bits per heavy atom. The molecule has 0 aromatic heterocycles. The van der Waals surface area contributed by atoms with Gasteiger partial charge in [-0.05, 0) is 53.8 Å². The van der Waals surface area contributed by atoms with E-state index in [1.165, 1.54) is 6.42 Å². The molecule has 0 amide bonds. The lowest BCUT2D eigenvalue weighted by atomic mass is 9.71. The maximum atomic E-state index is 10.2. The fraction of sp³-hybridized carbons (Fsp3) is 1.00. The van der Waals surface area contributed by atoms with E-state index < -0.39 is 0 Å². The van der Waals surface area contributed by atoms with E-state index in [2.05, 4.69) is 22.6 Å². The maximum absolute atomic E-state index is 10.2. The van der Waals surface area contributed by atoms with E-state index >= 15 is 0 Å². The second-order valence-corrected chi connectivity index (χ2v) is 7.40. The first-order valence-electron chi connectivity index (χ1n) is 5.63. The summed E-state index contributed by atoms with van der Waals surface area (Å²) in [7, 11) is 0. The zero-order valence-corrected chi connectivity index (χ0v) is 9.46.